The molecule has 0 aliphatic carbocycles. The number of pyridine rings is 1. The Bertz CT molecular complexity index is 626. The number of aliphatic carboxylic acids is 1. The van der Waals surface area contributed by atoms with Crippen LogP contribution in [0.1, 0.15) is 23.3 Å². The van der Waals surface area contributed by atoms with Crippen molar-refractivity contribution in [2.24, 2.45) is 0 Å². The van der Waals surface area contributed by atoms with Crippen molar-refractivity contribution in [1.29, 1.82) is 0 Å². The monoisotopic (exact) mass is 376 g/mol. The number of methoxy groups -OCH3 is 1. The highest BCUT2D eigenvalue weighted by molar-refractivity contribution is 5.92. The lowest BCUT2D eigenvalue weighted by atomic mass is 10.0. The van der Waals surface area contributed by atoms with Crippen LogP contribution >= 0.6 is 0 Å². The number of aromatic nitrogens is 1. The van der Waals surface area contributed by atoms with Crippen molar-refractivity contribution in [2.45, 2.75) is 37.3 Å². The summed E-state index contributed by atoms with van der Waals surface area (Å²) in [5.74, 6) is -2.78. The third-order valence-corrected chi connectivity index (χ3v) is 4.17. The molecule has 0 bridgehead atoms. The number of hydrogen-bond acceptors (Lipinski definition) is 5. The van der Waals surface area contributed by atoms with Crippen LogP contribution < -0.4 is 0 Å². The number of nitrogens with zero attached hydrogens (tertiary/aromatic N) is 2. The van der Waals surface area contributed by atoms with E-state index in [-0.39, 0.29) is 24.2 Å². The topological polar surface area (TPSA) is 89.0 Å². The number of alkyl halides is 3. The highest BCUT2D eigenvalue weighted by Crippen LogP contribution is 2.31. The predicted molar refractivity (Wildman–Crippen MR) is 82.5 cm³/mol. The first kappa shape index (κ1) is 20.1. The summed E-state index contributed by atoms with van der Waals surface area (Å²) in [7, 11) is 1.68. The van der Waals surface area contributed by atoms with Gasteiger partial charge < -0.3 is 19.5 Å². The van der Waals surface area contributed by atoms with E-state index in [1.165, 1.54) is 0 Å². The Labute approximate surface area is 147 Å². The minimum atomic E-state index is -5.08. The molecule has 26 heavy (non-hydrogen) atoms. The number of hydrogen-bond donors (Lipinski definition) is 1. The second-order valence-electron chi connectivity index (χ2n) is 5.79. The summed E-state index contributed by atoms with van der Waals surface area (Å²) in [6.45, 7) is 1.34. The van der Waals surface area contributed by atoms with Crippen molar-refractivity contribution >= 4 is 11.9 Å². The van der Waals surface area contributed by atoms with Crippen LogP contribution in [0.3, 0.4) is 0 Å². The average Bonchev–Trinajstić information content (AvgIpc) is 3.00. The van der Waals surface area contributed by atoms with E-state index in [1.807, 2.05) is 17.0 Å². The van der Waals surface area contributed by atoms with Crippen LogP contribution in [0.4, 0.5) is 13.2 Å². The van der Waals surface area contributed by atoms with Crippen molar-refractivity contribution in [1.82, 2.24) is 9.88 Å². The Kier molecular flexibility index (Phi) is 6.54. The van der Waals surface area contributed by atoms with Gasteiger partial charge in [0.25, 0.3) is 5.91 Å². The highest BCUT2D eigenvalue weighted by Gasteiger charge is 2.46. The molecular weight excluding hydrogens is 357 g/mol. The molecule has 2 saturated heterocycles. The predicted octanol–water partition coefficient (Wildman–Crippen LogP) is 1.73. The van der Waals surface area contributed by atoms with Gasteiger partial charge in [0.05, 0.1) is 12.6 Å². The summed E-state index contributed by atoms with van der Waals surface area (Å²) in [6, 6.07) is 5.51. The van der Waals surface area contributed by atoms with E-state index in [2.05, 4.69) is 4.98 Å². The fraction of sp³-hybridized carbons (Fsp3) is 0.562. The van der Waals surface area contributed by atoms with E-state index in [0.717, 1.165) is 19.4 Å². The maximum Gasteiger partial charge on any atom is 0.490 e. The molecule has 3 rings (SSSR count). The standard InChI is InChI=1S/C14H18N2O3.C2HF3O2/c1-18-12-9-16(11-6-4-8-19-13(11)12)14(17)10-5-2-3-7-15-10;3-2(4,5)1(6)7/h2-3,5,7,11-13H,4,6,8-9H2,1H3;(H,6,7)/t11-,12+,13+;/m1./s1. The van der Waals surface area contributed by atoms with E-state index < -0.39 is 12.1 Å². The van der Waals surface area contributed by atoms with E-state index >= 15 is 0 Å². The minimum Gasteiger partial charge on any atom is -0.475 e. The third kappa shape index (κ3) is 4.70. The van der Waals surface area contributed by atoms with Crippen LogP contribution in [-0.2, 0) is 14.3 Å². The molecule has 0 saturated carbocycles. The molecule has 144 valence electrons. The van der Waals surface area contributed by atoms with E-state index in [0.29, 0.717) is 12.2 Å². The van der Waals surface area contributed by atoms with Gasteiger partial charge in [-0.2, -0.15) is 13.2 Å². The summed E-state index contributed by atoms with van der Waals surface area (Å²) < 4.78 is 43.0. The normalized spacial score (nSPS) is 25.1. The van der Waals surface area contributed by atoms with Crippen molar-refractivity contribution in [3.05, 3.63) is 30.1 Å². The fourth-order valence-corrected chi connectivity index (χ4v) is 2.99. The lowest BCUT2D eigenvalue weighted by Gasteiger charge is -2.31. The first-order valence-corrected chi connectivity index (χ1v) is 7.92. The summed E-state index contributed by atoms with van der Waals surface area (Å²) in [5, 5.41) is 7.12. The molecule has 0 spiro atoms. The molecule has 1 amide bonds. The maximum absolute atomic E-state index is 12.5. The zero-order valence-electron chi connectivity index (χ0n) is 14.0. The first-order valence-electron chi connectivity index (χ1n) is 7.92. The van der Waals surface area contributed by atoms with Gasteiger partial charge in [-0.1, -0.05) is 6.07 Å². The number of ether oxygens (including phenoxy) is 2. The molecule has 3 heterocycles. The van der Waals surface area contributed by atoms with E-state index in [1.54, 1.807) is 19.4 Å². The molecule has 10 heteroatoms. The van der Waals surface area contributed by atoms with E-state index in [9.17, 15) is 18.0 Å². The number of carboxylic acid groups (broad SMARTS) is 1. The summed E-state index contributed by atoms with van der Waals surface area (Å²) in [4.78, 5) is 27.4. The van der Waals surface area contributed by atoms with Crippen molar-refractivity contribution in [2.75, 3.05) is 20.3 Å². The fourth-order valence-electron chi connectivity index (χ4n) is 2.99. The largest absolute Gasteiger partial charge is 0.490 e. The SMILES string of the molecule is CO[C@H]1CN(C(=O)c2ccccn2)[C@@H]2CCCO[C@H]12.O=C(O)C(F)(F)F. The van der Waals surface area contributed by atoms with Gasteiger partial charge in [0.1, 0.15) is 17.9 Å². The molecule has 1 aromatic heterocycles. The summed E-state index contributed by atoms with van der Waals surface area (Å²) >= 11 is 0. The quantitative estimate of drug-likeness (QED) is 0.846. The first-order chi connectivity index (χ1) is 12.3. The van der Waals surface area contributed by atoms with Gasteiger partial charge in [0, 0.05) is 19.9 Å². The Hall–Kier alpha value is -2.20. The number of fused-ring (bicyclic) bond motifs is 1. The Morgan fingerprint density at radius 2 is 2.08 bits per heavy atom. The molecule has 1 N–H and O–H groups in total. The van der Waals surface area contributed by atoms with Gasteiger partial charge in [0.15, 0.2) is 0 Å². The zero-order chi connectivity index (χ0) is 19.3. The van der Waals surface area contributed by atoms with Crippen LogP contribution in [0, 0.1) is 0 Å². The van der Waals surface area contributed by atoms with Gasteiger partial charge in [0.2, 0.25) is 0 Å². The summed E-state index contributed by atoms with van der Waals surface area (Å²) in [5.41, 5.74) is 0.489. The molecule has 0 unspecified atom stereocenters. The van der Waals surface area contributed by atoms with Crippen molar-refractivity contribution in [3.8, 4) is 0 Å². The number of halogens is 3. The zero-order valence-corrected chi connectivity index (χ0v) is 14.0. The lowest BCUT2D eigenvalue weighted by Crippen LogP contribution is -2.44. The Balaban J connectivity index is 0.000000298. The molecule has 7 nitrogen and oxygen atoms in total. The molecule has 0 radical (unpaired) electrons. The van der Waals surface area contributed by atoms with Crippen LogP contribution in [0.15, 0.2) is 24.4 Å². The van der Waals surface area contributed by atoms with Crippen LogP contribution in [0.25, 0.3) is 0 Å². The molecule has 0 aromatic carbocycles. The Morgan fingerprint density at radius 3 is 2.62 bits per heavy atom. The van der Waals surface area contributed by atoms with Crippen molar-refractivity contribution in [3.63, 3.8) is 0 Å². The van der Waals surface area contributed by atoms with Crippen molar-refractivity contribution < 1.29 is 37.3 Å². The summed E-state index contributed by atoms with van der Waals surface area (Å²) in [6.07, 6.45) is -1.50. The molecule has 3 atom stereocenters. The second kappa shape index (κ2) is 8.45. The number of carbonyl (C=O) groups is 2. The van der Waals surface area contributed by atoms with Crippen LogP contribution in [-0.4, -0.2) is 71.6 Å². The van der Waals surface area contributed by atoms with Gasteiger partial charge in [-0.15, -0.1) is 0 Å². The lowest BCUT2D eigenvalue weighted by molar-refractivity contribution is -0.192. The van der Waals surface area contributed by atoms with Crippen LogP contribution in [0.5, 0.6) is 0 Å². The molecule has 1 aromatic rings. The molecule has 2 aliphatic rings. The number of amides is 1. The molecule has 2 fully saturated rings. The van der Waals surface area contributed by atoms with Crippen LogP contribution in [0.2, 0.25) is 0 Å². The smallest absolute Gasteiger partial charge is 0.475 e. The second-order valence-corrected chi connectivity index (χ2v) is 5.79. The highest BCUT2D eigenvalue weighted by atomic mass is 19.4. The van der Waals surface area contributed by atoms with Gasteiger partial charge >= 0.3 is 12.1 Å². The Morgan fingerprint density at radius 1 is 1.38 bits per heavy atom. The van der Waals surface area contributed by atoms with Gasteiger partial charge in [-0.05, 0) is 25.0 Å². The van der Waals surface area contributed by atoms with Gasteiger partial charge in [-0.3, -0.25) is 9.78 Å². The number of carbonyl (C=O) groups excluding carboxylic acids is 1. The number of rotatable bonds is 2. The van der Waals surface area contributed by atoms with Gasteiger partial charge in [-0.25, -0.2) is 4.79 Å². The number of likely N-dealkylation sites (tertiary alicyclic amines) is 1. The minimum absolute atomic E-state index is 0.00594. The number of carboxylic acids is 1. The van der Waals surface area contributed by atoms with E-state index in [4.69, 9.17) is 19.4 Å². The molecular formula is C16H19F3N2O5. The maximum atomic E-state index is 12.5. The third-order valence-electron chi connectivity index (χ3n) is 4.17. The molecule has 2 aliphatic heterocycles. The average molecular weight is 376 g/mol.